The summed E-state index contributed by atoms with van der Waals surface area (Å²) in [6.07, 6.45) is 6.64. The number of oxime groups is 1. The number of amides is 1. The zero-order chi connectivity index (χ0) is 14.4. The fourth-order valence-corrected chi connectivity index (χ4v) is 2.68. The van der Waals surface area contributed by atoms with Crippen LogP contribution < -0.4 is 11.1 Å². The van der Waals surface area contributed by atoms with Crippen LogP contribution in [0.5, 0.6) is 0 Å². The van der Waals surface area contributed by atoms with Gasteiger partial charge in [-0.05, 0) is 30.9 Å². The first-order chi connectivity index (χ1) is 9.69. The number of hydrogen-bond acceptors (Lipinski definition) is 3. The number of rotatable bonds is 4. The molecule has 0 atom stereocenters. The smallest absolute Gasteiger partial charge is 0.224 e. The molecular formula is C15H21N3O2. The topological polar surface area (TPSA) is 87.7 Å². The van der Waals surface area contributed by atoms with Crippen LogP contribution in [0.4, 0.5) is 5.69 Å². The van der Waals surface area contributed by atoms with Crippen molar-refractivity contribution in [1.82, 2.24) is 0 Å². The van der Waals surface area contributed by atoms with Crippen LogP contribution in [0.15, 0.2) is 29.4 Å². The standard InChI is InChI=1S/C15H21N3O2/c16-15(18-20)12-7-4-8-13(10-12)17-14(19)9-11-5-2-1-3-6-11/h4,7-8,10-11,20H,1-3,5-6,9H2,(H2,16,18)(H,17,19). The zero-order valence-electron chi connectivity index (χ0n) is 11.5. The number of carbonyl (C=O) groups is 1. The Hall–Kier alpha value is -2.04. The third kappa shape index (κ3) is 3.98. The minimum Gasteiger partial charge on any atom is -0.409 e. The van der Waals surface area contributed by atoms with Crippen LogP contribution in [-0.2, 0) is 4.79 Å². The fourth-order valence-electron chi connectivity index (χ4n) is 2.68. The lowest BCUT2D eigenvalue weighted by Gasteiger charge is -2.20. The normalized spacial score (nSPS) is 16.9. The third-order valence-corrected chi connectivity index (χ3v) is 3.75. The number of benzene rings is 1. The molecule has 0 bridgehead atoms. The molecule has 1 aliphatic rings. The van der Waals surface area contributed by atoms with Gasteiger partial charge in [-0.15, -0.1) is 0 Å². The van der Waals surface area contributed by atoms with Crippen molar-refractivity contribution in [3.8, 4) is 0 Å². The fraction of sp³-hybridized carbons (Fsp3) is 0.467. The minimum absolute atomic E-state index is 0.0355. The van der Waals surface area contributed by atoms with Gasteiger partial charge in [-0.1, -0.05) is 36.6 Å². The lowest BCUT2D eigenvalue weighted by Crippen LogP contribution is -2.19. The highest BCUT2D eigenvalue weighted by Gasteiger charge is 2.17. The molecule has 1 aromatic rings. The Bertz CT molecular complexity index is 494. The van der Waals surface area contributed by atoms with Crippen LogP contribution >= 0.6 is 0 Å². The summed E-state index contributed by atoms with van der Waals surface area (Å²) in [6, 6.07) is 7.00. The van der Waals surface area contributed by atoms with Crippen LogP contribution in [0.3, 0.4) is 0 Å². The van der Waals surface area contributed by atoms with Crippen molar-refractivity contribution >= 4 is 17.4 Å². The summed E-state index contributed by atoms with van der Waals surface area (Å²) in [5.74, 6) is 0.581. The van der Waals surface area contributed by atoms with E-state index in [0.717, 1.165) is 12.8 Å². The molecule has 5 heteroatoms. The van der Waals surface area contributed by atoms with E-state index in [-0.39, 0.29) is 11.7 Å². The zero-order valence-corrected chi connectivity index (χ0v) is 11.5. The van der Waals surface area contributed by atoms with E-state index in [2.05, 4.69) is 10.5 Å². The van der Waals surface area contributed by atoms with Gasteiger partial charge in [0.2, 0.25) is 5.91 Å². The first kappa shape index (κ1) is 14.4. The molecule has 108 valence electrons. The summed E-state index contributed by atoms with van der Waals surface area (Å²) < 4.78 is 0. The van der Waals surface area contributed by atoms with Gasteiger partial charge < -0.3 is 16.3 Å². The Balaban J connectivity index is 1.93. The molecule has 0 aromatic heterocycles. The van der Waals surface area contributed by atoms with Crippen LogP contribution in [0.25, 0.3) is 0 Å². The molecule has 1 aliphatic carbocycles. The molecule has 1 fully saturated rings. The highest BCUT2D eigenvalue weighted by Crippen LogP contribution is 2.26. The average molecular weight is 275 g/mol. The summed E-state index contributed by atoms with van der Waals surface area (Å²) in [7, 11) is 0. The van der Waals surface area contributed by atoms with E-state index in [1.807, 2.05) is 0 Å². The van der Waals surface area contributed by atoms with E-state index >= 15 is 0 Å². The number of carbonyl (C=O) groups excluding carboxylic acids is 1. The van der Waals surface area contributed by atoms with E-state index in [0.29, 0.717) is 23.6 Å². The predicted molar refractivity (Wildman–Crippen MR) is 78.8 cm³/mol. The Morgan fingerprint density at radius 2 is 2.10 bits per heavy atom. The number of nitrogens with one attached hydrogen (secondary N) is 1. The quantitative estimate of drug-likeness (QED) is 0.341. The monoisotopic (exact) mass is 275 g/mol. The molecule has 1 aromatic carbocycles. The van der Waals surface area contributed by atoms with Gasteiger partial charge in [0.15, 0.2) is 5.84 Å². The molecule has 0 heterocycles. The molecule has 0 spiro atoms. The Morgan fingerprint density at radius 1 is 1.35 bits per heavy atom. The van der Waals surface area contributed by atoms with Crippen LogP contribution in [0.2, 0.25) is 0 Å². The minimum atomic E-state index is 0.0355. The SMILES string of the molecule is N/C(=N/O)c1cccc(NC(=O)CC2CCCCC2)c1. The van der Waals surface area contributed by atoms with Crippen molar-refractivity contribution in [3.63, 3.8) is 0 Å². The number of hydrogen-bond donors (Lipinski definition) is 3. The first-order valence-electron chi connectivity index (χ1n) is 7.07. The Kier molecular flexibility index (Phi) is 4.98. The van der Waals surface area contributed by atoms with Gasteiger partial charge in [0.1, 0.15) is 0 Å². The maximum Gasteiger partial charge on any atom is 0.224 e. The maximum atomic E-state index is 12.0. The van der Waals surface area contributed by atoms with Gasteiger partial charge in [0.05, 0.1) is 0 Å². The van der Waals surface area contributed by atoms with Crippen molar-refractivity contribution < 1.29 is 10.0 Å². The molecule has 1 saturated carbocycles. The van der Waals surface area contributed by atoms with Gasteiger partial charge in [-0.2, -0.15) is 0 Å². The largest absolute Gasteiger partial charge is 0.409 e. The van der Waals surface area contributed by atoms with E-state index < -0.39 is 0 Å². The van der Waals surface area contributed by atoms with Crippen LogP contribution in [-0.4, -0.2) is 17.0 Å². The molecule has 0 unspecified atom stereocenters. The maximum absolute atomic E-state index is 12.0. The molecule has 0 aliphatic heterocycles. The number of nitrogens with zero attached hydrogens (tertiary/aromatic N) is 1. The van der Waals surface area contributed by atoms with Gasteiger partial charge in [-0.25, -0.2) is 0 Å². The van der Waals surface area contributed by atoms with E-state index in [9.17, 15) is 4.79 Å². The van der Waals surface area contributed by atoms with Gasteiger partial charge in [0, 0.05) is 17.7 Å². The summed E-state index contributed by atoms with van der Waals surface area (Å²) in [5.41, 5.74) is 6.79. The van der Waals surface area contributed by atoms with Crippen molar-refractivity contribution in [2.75, 3.05) is 5.32 Å². The number of anilines is 1. The van der Waals surface area contributed by atoms with Crippen molar-refractivity contribution in [3.05, 3.63) is 29.8 Å². The van der Waals surface area contributed by atoms with Gasteiger partial charge in [0.25, 0.3) is 0 Å². The number of amidine groups is 1. The van der Waals surface area contributed by atoms with Crippen LogP contribution in [0.1, 0.15) is 44.1 Å². The lowest BCUT2D eigenvalue weighted by molar-refractivity contribution is -0.117. The molecule has 2 rings (SSSR count). The molecule has 4 N–H and O–H groups in total. The van der Waals surface area contributed by atoms with Crippen molar-refractivity contribution in [1.29, 1.82) is 0 Å². The molecule has 20 heavy (non-hydrogen) atoms. The second-order valence-corrected chi connectivity index (χ2v) is 5.32. The van der Waals surface area contributed by atoms with E-state index in [4.69, 9.17) is 10.9 Å². The van der Waals surface area contributed by atoms with E-state index in [1.54, 1.807) is 24.3 Å². The van der Waals surface area contributed by atoms with E-state index in [1.165, 1.54) is 19.3 Å². The summed E-state index contributed by atoms with van der Waals surface area (Å²) in [6.45, 7) is 0. The second kappa shape index (κ2) is 6.93. The summed E-state index contributed by atoms with van der Waals surface area (Å²) in [5, 5.41) is 14.5. The second-order valence-electron chi connectivity index (χ2n) is 5.32. The average Bonchev–Trinajstić information content (AvgIpc) is 2.47. The summed E-state index contributed by atoms with van der Waals surface area (Å²) in [4.78, 5) is 12.0. The Morgan fingerprint density at radius 3 is 2.80 bits per heavy atom. The highest BCUT2D eigenvalue weighted by molar-refractivity contribution is 5.99. The highest BCUT2D eigenvalue weighted by atomic mass is 16.4. The molecule has 1 amide bonds. The third-order valence-electron chi connectivity index (χ3n) is 3.75. The van der Waals surface area contributed by atoms with Crippen molar-refractivity contribution in [2.24, 2.45) is 16.8 Å². The summed E-state index contributed by atoms with van der Waals surface area (Å²) >= 11 is 0. The van der Waals surface area contributed by atoms with Gasteiger partial charge in [-0.3, -0.25) is 4.79 Å². The molecular weight excluding hydrogens is 254 g/mol. The predicted octanol–water partition coefficient (Wildman–Crippen LogP) is 2.69. The first-order valence-corrected chi connectivity index (χ1v) is 7.07. The number of nitrogens with two attached hydrogens (primary N) is 1. The molecule has 5 nitrogen and oxygen atoms in total. The van der Waals surface area contributed by atoms with Crippen molar-refractivity contribution in [2.45, 2.75) is 38.5 Å². The Labute approximate surface area is 118 Å². The van der Waals surface area contributed by atoms with Crippen LogP contribution in [0, 0.1) is 5.92 Å². The molecule has 0 radical (unpaired) electrons. The molecule has 0 saturated heterocycles. The van der Waals surface area contributed by atoms with Gasteiger partial charge >= 0.3 is 0 Å². The lowest BCUT2D eigenvalue weighted by atomic mass is 9.87.